The number of methoxy groups -OCH3 is 3. The molecule has 0 bridgehead atoms. The molecule has 0 amide bonds. The van der Waals surface area contributed by atoms with Crippen molar-refractivity contribution in [2.75, 3.05) is 42.7 Å². The summed E-state index contributed by atoms with van der Waals surface area (Å²) in [4.78, 5) is 0. The van der Waals surface area contributed by atoms with Crippen LogP contribution in [0.1, 0.15) is 22.3 Å². The molecule has 212 valence electrons. The molecule has 5 nitrogen and oxygen atoms in total. The lowest BCUT2D eigenvalue weighted by molar-refractivity contribution is 0.277. The van der Waals surface area contributed by atoms with E-state index in [1.54, 1.807) is 42.7 Å². The van der Waals surface area contributed by atoms with Gasteiger partial charge in [0.05, 0.1) is 23.3 Å². The minimum absolute atomic E-state index is 0.687. The van der Waals surface area contributed by atoms with Crippen LogP contribution in [0.4, 0.5) is 0 Å². The molecule has 0 spiro atoms. The van der Waals surface area contributed by atoms with Crippen molar-refractivity contribution in [1.29, 1.82) is 10.5 Å². The first kappa shape index (κ1) is 36.2. The number of ether oxygens (including phenoxy) is 3. The van der Waals surface area contributed by atoms with Gasteiger partial charge in [-0.15, -0.1) is 0 Å². The van der Waals surface area contributed by atoms with E-state index in [1.807, 2.05) is 133 Å². The van der Waals surface area contributed by atoms with Crippen LogP contribution in [0, 0.1) is 22.7 Å². The van der Waals surface area contributed by atoms with Crippen LogP contribution in [-0.4, -0.2) is 42.7 Å². The predicted octanol–water partition coefficient (Wildman–Crippen LogP) is 8.29. The van der Waals surface area contributed by atoms with E-state index < -0.39 is 0 Å². The van der Waals surface area contributed by atoms with E-state index in [2.05, 4.69) is 26.3 Å². The zero-order valence-corrected chi connectivity index (χ0v) is 24.8. The van der Waals surface area contributed by atoms with Crippen molar-refractivity contribution >= 4 is 23.3 Å². The Morgan fingerprint density at radius 2 is 0.659 bits per heavy atom. The summed E-state index contributed by atoms with van der Waals surface area (Å²) >= 11 is 0. The van der Waals surface area contributed by atoms with Crippen molar-refractivity contribution in [3.8, 4) is 12.1 Å². The molecule has 0 aliphatic carbocycles. The molecule has 0 unspecified atom stereocenters. The van der Waals surface area contributed by atoms with Crippen LogP contribution in [0.25, 0.3) is 23.3 Å². The summed E-state index contributed by atoms with van der Waals surface area (Å²) in [5.41, 5.74) is 5.37. The Labute approximate surface area is 246 Å². The summed E-state index contributed by atoms with van der Waals surface area (Å²) in [6, 6.07) is 43.6. The highest BCUT2D eigenvalue weighted by molar-refractivity contribution is 5.90. The first-order valence-electron chi connectivity index (χ1n) is 12.7. The van der Waals surface area contributed by atoms with Crippen LogP contribution in [0.5, 0.6) is 0 Å². The number of nitrogens with zero attached hydrogens (tertiary/aromatic N) is 2. The maximum Gasteiger partial charge on any atom is 0.0998 e. The number of benzene rings is 4. The average molecular weight is 549 g/mol. The van der Waals surface area contributed by atoms with Gasteiger partial charge in [0.25, 0.3) is 0 Å². The van der Waals surface area contributed by atoms with Crippen molar-refractivity contribution < 1.29 is 14.2 Å². The number of allylic oxidation sites excluding steroid dienone is 2. The van der Waals surface area contributed by atoms with Gasteiger partial charge in [0, 0.05) is 42.7 Å². The van der Waals surface area contributed by atoms with Crippen LogP contribution in [-0.2, 0) is 14.2 Å². The highest BCUT2D eigenvalue weighted by atomic mass is 16.5. The summed E-state index contributed by atoms with van der Waals surface area (Å²) in [5, 5.41) is 18.2. The van der Waals surface area contributed by atoms with Gasteiger partial charge in [-0.3, -0.25) is 0 Å². The first-order chi connectivity index (χ1) is 20.0. The Morgan fingerprint density at radius 1 is 0.439 bits per heavy atom. The number of nitriles is 2. The lowest BCUT2D eigenvalue weighted by Crippen LogP contribution is -1.80. The Bertz CT molecular complexity index is 1200. The standard InChI is InChI=1S/2C15H11N.3C2H6O/c2*16-12-15(14-9-5-2-6-10-14)11-13-7-3-1-4-8-13;3*1-3-2/h2*1-11H;3*1-2H3/b2*15-11+;;;. The zero-order valence-electron chi connectivity index (χ0n) is 24.8. The molecule has 0 fully saturated rings. The second-order valence-electron chi connectivity index (χ2n) is 8.12. The smallest absolute Gasteiger partial charge is 0.0998 e. The second-order valence-corrected chi connectivity index (χ2v) is 8.12. The highest BCUT2D eigenvalue weighted by Gasteiger charge is 2.00. The Balaban J connectivity index is 0.000000607. The van der Waals surface area contributed by atoms with Gasteiger partial charge in [0.1, 0.15) is 0 Å². The zero-order chi connectivity index (χ0) is 30.6. The van der Waals surface area contributed by atoms with Gasteiger partial charge in [-0.1, -0.05) is 121 Å². The third kappa shape index (κ3) is 17.4. The topological polar surface area (TPSA) is 75.3 Å². The van der Waals surface area contributed by atoms with E-state index in [0.717, 1.165) is 22.3 Å². The quantitative estimate of drug-likeness (QED) is 0.189. The third-order valence-corrected chi connectivity index (χ3v) is 4.63. The fraction of sp³-hybridized carbons (Fsp3) is 0.167. The van der Waals surface area contributed by atoms with E-state index in [4.69, 9.17) is 10.5 Å². The van der Waals surface area contributed by atoms with E-state index in [1.165, 1.54) is 0 Å². The molecule has 0 aliphatic rings. The van der Waals surface area contributed by atoms with Crippen molar-refractivity contribution in [1.82, 2.24) is 0 Å². The molecule has 41 heavy (non-hydrogen) atoms. The van der Waals surface area contributed by atoms with Crippen LogP contribution in [0.2, 0.25) is 0 Å². The van der Waals surface area contributed by atoms with E-state index in [-0.39, 0.29) is 0 Å². The molecule has 0 aromatic heterocycles. The van der Waals surface area contributed by atoms with E-state index in [0.29, 0.717) is 11.1 Å². The average Bonchev–Trinajstić information content (AvgIpc) is 3.02. The monoisotopic (exact) mass is 548 g/mol. The van der Waals surface area contributed by atoms with Crippen LogP contribution < -0.4 is 0 Å². The molecule has 0 atom stereocenters. The maximum absolute atomic E-state index is 9.12. The van der Waals surface area contributed by atoms with Crippen molar-refractivity contribution in [3.05, 3.63) is 144 Å². The summed E-state index contributed by atoms with van der Waals surface area (Å²) in [6.07, 6.45) is 3.80. The van der Waals surface area contributed by atoms with Crippen LogP contribution in [0.15, 0.2) is 121 Å². The Kier molecular flexibility index (Phi) is 22.5. The second kappa shape index (κ2) is 25.5. The molecule has 4 aromatic carbocycles. The van der Waals surface area contributed by atoms with Crippen molar-refractivity contribution in [2.24, 2.45) is 0 Å². The van der Waals surface area contributed by atoms with E-state index in [9.17, 15) is 0 Å². The van der Waals surface area contributed by atoms with Crippen molar-refractivity contribution in [3.63, 3.8) is 0 Å². The molecule has 0 radical (unpaired) electrons. The van der Waals surface area contributed by atoms with Crippen LogP contribution >= 0.6 is 0 Å². The van der Waals surface area contributed by atoms with E-state index >= 15 is 0 Å². The number of rotatable bonds is 4. The van der Waals surface area contributed by atoms with Crippen molar-refractivity contribution in [2.45, 2.75) is 0 Å². The molecular formula is C36H40N2O3. The normalized spacial score (nSPS) is 9.76. The van der Waals surface area contributed by atoms with Gasteiger partial charge < -0.3 is 14.2 Å². The molecule has 0 aliphatic heterocycles. The Morgan fingerprint density at radius 3 is 0.878 bits per heavy atom. The van der Waals surface area contributed by atoms with Gasteiger partial charge in [-0.2, -0.15) is 10.5 Å². The third-order valence-electron chi connectivity index (χ3n) is 4.63. The Hall–Kier alpha value is -4.78. The lowest BCUT2D eigenvalue weighted by Gasteiger charge is -1.98. The van der Waals surface area contributed by atoms with Gasteiger partial charge in [-0.05, 0) is 34.4 Å². The van der Waals surface area contributed by atoms with Gasteiger partial charge in [0.15, 0.2) is 0 Å². The van der Waals surface area contributed by atoms with Gasteiger partial charge in [-0.25, -0.2) is 0 Å². The number of hydrogen-bond acceptors (Lipinski definition) is 5. The summed E-state index contributed by atoms with van der Waals surface area (Å²) < 4.78 is 12.8. The molecule has 0 saturated heterocycles. The minimum Gasteiger partial charge on any atom is -0.388 e. The SMILES string of the molecule is COC.COC.COC.N#C/C(=C\c1ccccc1)c1ccccc1.N#C/C(=C\c1ccccc1)c1ccccc1. The van der Waals surface area contributed by atoms with Crippen LogP contribution in [0.3, 0.4) is 0 Å². The fourth-order valence-corrected chi connectivity index (χ4v) is 3.03. The van der Waals surface area contributed by atoms with Gasteiger partial charge >= 0.3 is 0 Å². The fourth-order valence-electron chi connectivity index (χ4n) is 3.03. The molecule has 5 heteroatoms. The largest absolute Gasteiger partial charge is 0.388 e. The molecule has 4 rings (SSSR count). The number of hydrogen-bond donors (Lipinski definition) is 0. The first-order valence-corrected chi connectivity index (χ1v) is 12.7. The lowest BCUT2D eigenvalue weighted by atomic mass is 10.0. The highest BCUT2D eigenvalue weighted by Crippen LogP contribution is 2.17. The summed E-state index contributed by atoms with van der Waals surface area (Å²) in [5.74, 6) is 0. The maximum atomic E-state index is 9.12. The van der Waals surface area contributed by atoms with Gasteiger partial charge in [0.2, 0.25) is 0 Å². The molecule has 4 aromatic rings. The molecule has 0 N–H and O–H groups in total. The molecule has 0 heterocycles. The molecular weight excluding hydrogens is 508 g/mol. The molecule has 0 saturated carbocycles. The predicted molar refractivity (Wildman–Crippen MR) is 172 cm³/mol. The minimum atomic E-state index is 0.687. The summed E-state index contributed by atoms with van der Waals surface area (Å²) in [7, 11) is 9.75. The summed E-state index contributed by atoms with van der Waals surface area (Å²) in [6.45, 7) is 0.